The van der Waals surface area contributed by atoms with Crippen LogP contribution in [0, 0.1) is 0 Å². The minimum Gasteiger partial charge on any atom is -0.477 e. The van der Waals surface area contributed by atoms with Crippen LogP contribution >= 0.6 is 0 Å². The lowest BCUT2D eigenvalue weighted by molar-refractivity contribution is -0.121. The highest BCUT2D eigenvalue weighted by molar-refractivity contribution is 6.20. The van der Waals surface area contributed by atoms with Gasteiger partial charge in [-0.25, -0.2) is 0 Å². The molecular formula is C13H19NO3. The summed E-state index contributed by atoms with van der Waals surface area (Å²) in [5.41, 5.74) is 0.270. The van der Waals surface area contributed by atoms with E-state index < -0.39 is 0 Å². The molecule has 0 unspecified atom stereocenters. The van der Waals surface area contributed by atoms with E-state index in [0.717, 1.165) is 6.54 Å². The molecule has 0 N–H and O–H groups in total. The fourth-order valence-corrected chi connectivity index (χ4v) is 1.56. The lowest BCUT2D eigenvalue weighted by Crippen LogP contribution is -2.12. The van der Waals surface area contributed by atoms with E-state index in [4.69, 9.17) is 4.74 Å². The maximum atomic E-state index is 11.6. The van der Waals surface area contributed by atoms with Gasteiger partial charge in [-0.1, -0.05) is 13.8 Å². The molecule has 17 heavy (non-hydrogen) atoms. The summed E-state index contributed by atoms with van der Waals surface area (Å²) >= 11 is 0. The third-order valence-corrected chi connectivity index (χ3v) is 2.69. The first-order valence-corrected chi connectivity index (χ1v) is 5.92. The molecule has 0 saturated carbocycles. The second-order valence-electron chi connectivity index (χ2n) is 3.91. The Morgan fingerprint density at radius 2 is 1.88 bits per heavy atom. The maximum Gasteiger partial charge on any atom is 0.189 e. The van der Waals surface area contributed by atoms with Gasteiger partial charge < -0.3 is 9.64 Å². The van der Waals surface area contributed by atoms with E-state index >= 15 is 0 Å². The molecule has 0 aromatic rings. The molecule has 1 aliphatic heterocycles. The van der Waals surface area contributed by atoms with Gasteiger partial charge in [0, 0.05) is 19.9 Å². The zero-order valence-electron chi connectivity index (χ0n) is 10.7. The van der Waals surface area contributed by atoms with Crippen LogP contribution in [0.4, 0.5) is 0 Å². The molecule has 1 heterocycles. The summed E-state index contributed by atoms with van der Waals surface area (Å²) in [4.78, 5) is 25.2. The number of carbonyl (C=O) groups is 2. The molecule has 0 radical (unpaired) electrons. The van der Waals surface area contributed by atoms with Crippen molar-refractivity contribution in [2.24, 2.45) is 0 Å². The Labute approximate surface area is 102 Å². The van der Waals surface area contributed by atoms with E-state index in [-0.39, 0.29) is 17.1 Å². The zero-order chi connectivity index (χ0) is 12.8. The number of hydrogen-bond acceptors (Lipinski definition) is 4. The molecule has 4 heteroatoms. The maximum absolute atomic E-state index is 11.6. The Kier molecular flexibility index (Phi) is 4.94. The second-order valence-corrected chi connectivity index (χ2v) is 3.91. The number of allylic oxidation sites excluding steroid dienone is 3. The van der Waals surface area contributed by atoms with Crippen molar-refractivity contribution in [1.29, 1.82) is 0 Å². The first-order valence-electron chi connectivity index (χ1n) is 5.92. The van der Waals surface area contributed by atoms with Gasteiger partial charge in [-0.2, -0.15) is 0 Å². The SMILES string of the molecule is CCC(=O)C(=C/C=C1\OCCN1C)C(=O)CC. The highest BCUT2D eigenvalue weighted by Crippen LogP contribution is 2.13. The smallest absolute Gasteiger partial charge is 0.189 e. The number of carbonyl (C=O) groups excluding carboxylic acids is 2. The molecule has 1 rings (SSSR count). The largest absolute Gasteiger partial charge is 0.477 e. The average Bonchev–Trinajstić information content (AvgIpc) is 2.74. The summed E-state index contributed by atoms with van der Waals surface area (Å²) in [6.07, 6.45) is 3.97. The molecule has 0 bridgehead atoms. The van der Waals surface area contributed by atoms with Crippen LogP contribution in [-0.4, -0.2) is 36.7 Å². The van der Waals surface area contributed by atoms with Gasteiger partial charge in [0.05, 0.1) is 12.1 Å². The minimum atomic E-state index is -0.116. The van der Waals surface area contributed by atoms with Crippen molar-refractivity contribution in [3.8, 4) is 0 Å². The monoisotopic (exact) mass is 237 g/mol. The number of ketones is 2. The van der Waals surface area contributed by atoms with Crippen molar-refractivity contribution >= 4 is 11.6 Å². The van der Waals surface area contributed by atoms with Gasteiger partial charge in [-0.05, 0) is 12.2 Å². The van der Waals surface area contributed by atoms with Crippen molar-refractivity contribution in [2.45, 2.75) is 26.7 Å². The lowest BCUT2D eigenvalue weighted by Gasteiger charge is -2.08. The molecular weight excluding hydrogens is 218 g/mol. The lowest BCUT2D eigenvalue weighted by atomic mass is 10.0. The van der Waals surface area contributed by atoms with Crippen LogP contribution in [0.5, 0.6) is 0 Å². The number of nitrogens with zero attached hydrogens (tertiary/aromatic N) is 1. The Bertz CT molecular complexity index is 351. The first kappa shape index (κ1) is 13.5. The van der Waals surface area contributed by atoms with Crippen molar-refractivity contribution in [3.05, 3.63) is 23.6 Å². The average molecular weight is 237 g/mol. The van der Waals surface area contributed by atoms with E-state index in [0.29, 0.717) is 25.3 Å². The summed E-state index contributed by atoms with van der Waals surface area (Å²) in [5.74, 6) is 0.471. The topological polar surface area (TPSA) is 46.6 Å². The summed E-state index contributed by atoms with van der Waals surface area (Å²) in [6.45, 7) is 4.99. The molecule has 1 saturated heterocycles. The molecule has 94 valence electrons. The van der Waals surface area contributed by atoms with Crippen molar-refractivity contribution < 1.29 is 14.3 Å². The number of rotatable bonds is 5. The van der Waals surface area contributed by atoms with Crippen LogP contribution < -0.4 is 0 Å². The van der Waals surface area contributed by atoms with Crippen LogP contribution in [-0.2, 0) is 14.3 Å². The number of Topliss-reactive ketones (excluding diaryl/α,β-unsaturated/α-hetero) is 2. The predicted octanol–water partition coefficient (Wildman–Crippen LogP) is 1.67. The van der Waals surface area contributed by atoms with E-state index in [1.54, 1.807) is 26.0 Å². The quantitative estimate of drug-likeness (QED) is 0.414. The Balaban J connectivity index is 2.90. The number of likely N-dealkylation sites (N-methyl/N-ethyl adjacent to an activating group) is 1. The predicted molar refractivity (Wildman–Crippen MR) is 65.3 cm³/mol. The summed E-state index contributed by atoms with van der Waals surface area (Å²) in [6, 6.07) is 0. The van der Waals surface area contributed by atoms with E-state index in [9.17, 15) is 9.59 Å². The van der Waals surface area contributed by atoms with Crippen LogP contribution in [0.2, 0.25) is 0 Å². The highest BCUT2D eigenvalue weighted by atomic mass is 16.5. The van der Waals surface area contributed by atoms with Gasteiger partial charge >= 0.3 is 0 Å². The normalized spacial score (nSPS) is 16.9. The van der Waals surface area contributed by atoms with Gasteiger partial charge in [-0.3, -0.25) is 9.59 Å². The van der Waals surface area contributed by atoms with Crippen LogP contribution in [0.3, 0.4) is 0 Å². The fourth-order valence-electron chi connectivity index (χ4n) is 1.56. The van der Waals surface area contributed by atoms with Crippen LogP contribution in [0.1, 0.15) is 26.7 Å². The molecule has 0 atom stereocenters. The van der Waals surface area contributed by atoms with Gasteiger partial charge in [0.2, 0.25) is 0 Å². The molecule has 0 spiro atoms. The third kappa shape index (κ3) is 3.44. The standard InChI is InChI=1S/C13H19NO3/c1-4-11(15)10(12(16)5-2)6-7-13-14(3)8-9-17-13/h6-7H,4-5,8-9H2,1-3H3/b13-7-. The van der Waals surface area contributed by atoms with E-state index in [1.807, 2.05) is 11.9 Å². The second kappa shape index (κ2) is 6.23. The molecule has 4 nitrogen and oxygen atoms in total. The Hall–Kier alpha value is -1.58. The van der Waals surface area contributed by atoms with Crippen LogP contribution in [0.15, 0.2) is 23.6 Å². The zero-order valence-corrected chi connectivity index (χ0v) is 10.7. The minimum absolute atomic E-state index is 0.116. The van der Waals surface area contributed by atoms with Crippen molar-refractivity contribution in [2.75, 3.05) is 20.2 Å². The summed E-state index contributed by atoms with van der Waals surface area (Å²) < 4.78 is 5.36. The summed E-state index contributed by atoms with van der Waals surface area (Å²) in [7, 11) is 1.91. The molecule has 1 fully saturated rings. The fraction of sp³-hybridized carbons (Fsp3) is 0.538. The van der Waals surface area contributed by atoms with E-state index in [2.05, 4.69) is 0 Å². The molecule has 0 amide bonds. The third-order valence-electron chi connectivity index (χ3n) is 2.69. The molecule has 1 aliphatic rings. The highest BCUT2D eigenvalue weighted by Gasteiger charge is 2.16. The first-order chi connectivity index (χ1) is 8.10. The van der Waals surface area contributed by atoms with Gasteiger partial charge in [-0.15, -0.1) is 0 Å². The molecule has 0 aromatic heterocycles. The number of hydrogen-bond donors (Lipinski definition) is 0. The van der Waals surface area contributed by atoms with Gasteiger partial charge in [0.25, 0.3) is 0 Å². The molecule has 0 aromatic carbocycles. The Morgan fingerprint density at radius 3 is 2.29 bits per heavy atom. The van der Waals surface area contributed by atoms with Crippen molar-refractivity contribution in [3.63, 3.8) is 0 Å². The van der Waals surface area contributed by atoms with E-state index in [1.165, 1.54) is 0 Å². The van der Waals surface area contributed by atoms with Crippen LogP contribution in [0.25, 0.3) is 0 Å². The Morgan fingerprint density at radius 1 is 1.29 bits per heavy atom. The van der Waals surface area contributed by atoms with Gasteiger partial charge in [0.15, 0.2) is 17.4 Å². The summed E-state index contributed by atoms with van der Waals surface area (Å²) in [5, 5.41) is 0. The molecule has 0 aliphatic carbocycles. The number of ether oxygens (including phenoxy) is 1. The van der Waals surface area contributed by atoms with Gasteiger partial charge in [0.1, 0.15) is 6.61 Å². The van der Waals surface area contributed by atoms with Crippen molar-refractivity contribution in [1.82, 2.24) is 4.90 Å².